The summed E-state index contributed by atoms with van der Waals surface area (Å²) in [5, 5.41) is 23.6. The lowest BCUT2D eigenvalue weighted by Crippen LogP contribution is -2.46. The molecular formula is C54H95NO5. The molecule has 346 valence electrons. The van der Waals surface area contributed by atoms with Crippen molar-refractivity contribution in [2.75, 3.05) is 6.61 Å². The molecule has 3 N–H and O–H groups in total. The van der Waals surface area contributed by atoms with Crippen molar-refractivity contribution in [2.45, 2.75) is 251 Å². The molecule has 0 aliphatic carbocycles. The second-order valence-corrected chi connectivity index (χ2v) is 16.9. The van der Waals surface area contributed by atoms with E-state index in [0.717, 1.165) is 103 Å². The summed E-state index contributed by atoms with van der Waals surface area (Å²) in [7, 11) is 0. The van der Waals surface area contributed by atoms with Crippen molar-refractivity contribution in [3.05, 3.63) is 72.9 Å². The maximum absolute atomic E-state index is 13.2. The first-order valence-electron chi connectivity index (χ1n) is 25.2. The first-order valence-corrected chi connectivity index (χ1v) is 25.2. The van der Waals surface area contributed by atoms with Gasteiger partial charge in [-0.3, -0.25) is 9.59 Å². The van der Waals surface area contributed by atoms with Gasteiger partial charge in [-0.25, -0.2) is 0 Å². The van der Waals surface area contributed by atoms with Crippen molar-refractivity contribution >= 4 is 11.9 Å². The van der Waals surface area contributed by atoms with Crippen LogP contribution in [0.3, 0.4) is 0 Å². The largest absolute Gasteiger partial charge is 0.462 e. The van der Waals surface area contributed by atoms with Crippen LogP contribution < -0.4 is 5.32 Å². The number of amides is 1. The van der Waals surface area contributed by atoms with E-state index in [1.165, 1.54) is 83.5 Å². The van der Waals surface area contributed by atoms with Gasteiger partial charge in [0.15, 0.2) is 0 Å². The van der Waals surface area contributed by atoms with Crippen LogP contribution in [0.2, 0.25) is 0 Å². The van der Waals surface area contributed by atoms with Crippen molar-refractivity contribution in [1.29, 1.82) is 0 Å². The monoisotopic (exact) mass is 838 g/mol. The summed E-state index contributed by atoms with van der Waals surface area (Å²) in [5.74, 6) is -0.535. The number of unbranched alkanes of at least 4 members (excludes halogenated alkanes) is 21. The lowest BCUT2D eigenvalue weighted by atomic mass is 10.0. The van der Waals surface area contributed by atoms with E-state index in [2.05, 4.69) is 99.0 Å². The van der Waals surface area contributed by atoms with E-state index in [1.54, 1.807) is 0 Å². The van der Waals surface area contributed by atoms with Crippen molar-refractivity contribution in [3.8, 4) is 0 Å². The Labute approximate surface area is 371 Å². The molecule has 0 rings (SSSR count). The second-order valence-electron chi connectivity index (χ2n) is 16.9. The van der Waals surface area contributed by atoms with Crippen molar-refractivity contribution < 1.29 is 24.5 Å². The van der Waals surface area contributed by atoms with Crippen LogP contribution in [0.4, 0.5) is 0 Å². The van der Waals surface area contributed by atoms with E-state index in [1.807, 2.05) is 0 Å². The number of hydrogen-bond donors (Lipinski definition) is 3. The minimum Gasteiger partial charge on any atom is -0.462 e. The molecule has 0 fully saturated rings. The molecule has 0 aliphatic rings. The zero-order valence-electron chi connectivity index (χ0n) is 39.3. The fraction of sp³-hybridized carbons (Fsp3) is 0.741. The number of nitrogens with one attached hydrogen (secondary N) is 1. The fourth-order valence-corrected chi connectivity index (χ4v) is 7.17. The van der Waals surface area contributed by atoms with E-state index in [9.17, 15) is 19.8 Å². The molecule has 0 bridgehead atoms. The zero-order chi connectivity index (χ0) is 43.8. The molecule has 60 heavy (non-hydrogen) atoms. The minimum absolute atomic E-state index is 0.0480. The predicted octanol–water partition coefficient (Wildman–Crippen LogP) is 15.0. The van der Waals surface area contributed by atoms with Gasteiger partial charge >= 0.3 is 5.97 Å². The van der Waals surface area contributed by atoms with E-state index >= 15 is 0 Å². The summed E-state index contributed by atoms with van der Waals surface area (Å²) in [6, 6.07) is -0.716. The number of allylic oxidation sites excluding steroid dienone is 12. The van der Waals surface area contributed by atoms with Gasteiger partial charge in [0, 0.05) is 6.42 Å². The summed E-state index contributed by atoms with van der Waals surface area (Å²) in [6.07, 6.45) is 59.6. The van der Waals surface area contributed by atoms with Crippen molar-refractivity contribution in [1.82, 2.24) is 5.32 Å². The number of ether oxygens (including phenoxy) is 1. The minimum atomic E-state index is -0.800. The topological polar surface area (TPSA) is 95.9 Å². The summed E-state index contributed by atoms with van der Waals surface area (Å²) in [5.41, 5.74) is 0. The number of carbonyl (C=O) groups is 2. The second kappa shape index (κ2) is 47.4. The molecule has 1 amide bonds. The van der Waals surface area contributed by atoms with Crippen LogP contribution in [0.25, 0.3) is 0 Å². The Morgan fingerprint density at radius 2 is 0.900 bits per heavy atom. The zero-order valence-corrected chi connectivity index (χ0v) is 39.3. The molecule has 0 aromatic rings. The highest BCUT2D eigenvalue weighted by Gasteiger charge is 2.24. The van der Waals surface area contributed by atoms with Gasteiger partial charge < -0.3 is 20.3 Å². The molecule has 3 atom stereocenters. The van der Waals surface area contributed by atoms with E-state index in [-0.39, 0.29) is 24.9 Å². The van der Waals surface area contributed by atoms with E-state index in [4.69, 9.17) is 4.74 Å². The van der Waals surface area contributed by atoms with E-state index < -0.39 is 18.2 Å². The number of rotatable bonds is 44. The molecule has 0 aromatic carbocycles. The molecule has 0 saturated heterocycles. The van der Waals surface area contributed by atoms with Crippen LogP contribution in [0, 0.1) is 0 Å². The Kier molecular flexibility index (Phi) is 45.2. The normalized spacial score (nSPS) is 13.9. The smallest absolute Gasteiger partial charge is 0.306 e. The van der Waals surface area contributed by atoms with Crippen LogP contribution in [0.1, 0.15) is 233 Å². The standard InChI is InChI=1S/C54H95NO5/c1-4-7-10-13-16-19-21-23-24-25-26-27-28-30-32-35-38-41-44-47-54(59)60-50(45-42-39-36-34-31-29-22-20-17-14-11-8-5-2)48-53(58)55-51(49-56)52(57)46-43-40-37-33-18-15-12-9-6-3/h16-17,19-20,22-24,26-27,29-30,32,50-52,56-57H,4-15,18,21,25,28,31,33-49H2,1-3H3,(H,55,58)/b19-16-,20-17+,24-23-,27-26-,29-22+,32-30-. The van der Waals surface area contributed by atoms with E-state index in [0.29, 0.717) is 19.3 Å². The first-order chi connectivity index (χ1) is 29.5. The molecule has 0 spiro atoms. The molecule has 6 nitrogen and oxygen atoms in total. The van der Waals surface area contributed by atoms with Crippen LogP contribution in [0.5, 0.6) is 0 Å². The van der Waals surface area contributed by atoms with Gasteiger partial charge in [-0.2, -0.15) is 0 Å². The van der Waals surface area contributed by atoms with Crippen LogP contribution >= 0.6 is 0 Å². The first kappa shape index (κ1) is 57.3. The average Bonchev–Trinajstić information content (AvgIpc) is 3.24. The average molecular weight is 838 g/mol. The Morgan fingerprint density at radius 1 is 0.500 bits per heavy atom. The molecule has 0 saturated carbocycles. The number of hydrogen-bond acceptors (Lipinski definition) is 5. The summed E-state index contributed by atoms with van der Waals surface area (Å²) in [6.45, 7) is 6.38. The molecule has 6 heteroatoms. The lowest BCUT2D eigenvalue weighted by molar-refractivity contribution is -0.151. The van der Waals surface area contributed by atoms with Crippen LogP contribution in [-0.4, -0.2) is 46.9 Å². The highest BCUT2D eigenvalue weighted by molar-refractivity contribution is 5.77. The lowest BCUT2D eigenvalue weighted by Gasteiger charge is -2.24. The molecule has 0 heterocycles. The number of esters is 1. The highest BCUT2D eigenvalue weighted by Crippen LogP contribution is 2.17. The van der Waals surface area contributed by atoms with Gasteiger partial charge in [0.25, 0.3) is 0 Å². The Morgan fingerprint density at radius 3 is 1.42 bits per heavy atom. The Balaban J connectivity index is 4.65. The summed E-state index contributed by atoms with van der Waals surface area (Å²) < 4.78 is 5.90. The maximum Gasteiger partial charge on any atom is 0.306 e. The Bertz CT molecular complexity index is 1120. The summed E-state index contributed by atoms with van der Waals surface area (Å²) in [4.78, 5) is 26.1. The van der Waals surface area contributed by atoms with Crippen LogP contribution in [0.15, 0.2) is 72.9 Å². The highest BCUT2D eigenvalue weighted by atomic mass is 16.5. The SMILES string of the molecule is CCCCC/C=C\C/C=C\C/C=C\C/C=C\CCCCCC(=O)OC(CCCCCC/C=C/C=C/CCCCC)CC(=O)NC(CO)C(O)CCCCCCCCCCC. The third-order valence-electron chi connectivity index (χ3n) is 11.0. The predicted molar refractivity (Wildman–Crippen MR) is 259 cm³/mol. The molecule has 0 aromatic heterocycles. The van der Waals surface area contributed by atoms with Gasteiger partial charge in [0.1, 0.15) is 6.10 Å². The van der Waals surface area contributed by atoms with Gasteiger partial charge in [0.2, 0.25) is 5.91 Å². The quantitative estimate of drug-likeness (QED) is 0.0246. The van der Waals surface area contributed by atoms with Gasteiger partial charge in [-0.05, 0) is 96.3 Å². The summed E-state index contributed by atoms with van der Waals surface area (Å²) >= 11 is 0. The van der Waals surface area contributed by atoms with Crippen LogP contribution in [-0.2, 0) is 14.3 Å². The molecule has 0 radical (unpaired) electrons. The van der Waals surface area contributed by atoms with Gasteiger partial charge in [-0.1, -0.05) is 196 Å². The maximum atomic E-state index is 13.2. The molecule has 0 aliphatic heterocycles. The third kappa shape index (κ3) is 42.0. The van der Waals surface area contributed by atoms with Crippen molar-refractivity contribution in [3.63, 3.8) is 0 Å². The molecular weight excluding hydrogens is 743 g/mol. The Hall–Kier alpha value is -2.70. The van der Waals surface area contributed by atoms with Gasteiger partial charge in [0.05, 0.1) is 25.2 Å². The molecule has 3 unspecified atom stereocenters. The fourth-order valence-electron chi connectivity index (χ4n) is 7.17. The van der Waals surface area contributed by atoms with Crippen molar-refractivity contribution in [2.24, 2.45) is 0 Å². The number of aliphatic hydroxyl groups is 2. The number of aliphatic hydroxyl groups excluding tert-OH is 2. The number of carbonyl (C=O) groups excluding carboxylic acids is 2. The third-order valence-corrected chi connectivity index (χ3v) is 11.0. The van der Waals surface area contributed by atoms with Gasteiger partial charge in [-0.15, -0.1) is 0 Å².